The molecule has 5 heteroatoms. The van der Waals surface area contributed by atoms with E-state index in [-0.39, 0.29) is 18.0 Å². The zero-order chi connectivity index (χ0) is 20.9. The van der Waals surface area contributed by atoms with Crippen LogP contribution < -0.4 is 10.6 Å². The van der Waals surface area contributed by atoms with Crippen molar-refractivity contribution in [3.05, 3.63) is 35.5 Å². The summed E-state index contributed by atoms with van der Waals surface area (Å²) in [6.45, 7) is 3.02. The lowest BCUT2D eigenvalue weighted by Crippen LogP contribution is -2.47. The first kappa shape index (κ1) is 20.9. The predicted molar refractivity (Wildman–Crippen MR) is 120 cm³/mol. The minimum Gasteiger partial charge on any atom is -0.358 e. The summed E-state index contributed by atoms with van der Waals surface area (Å²) in [6.07, 6.45) is 10.2. The monoisotopic (exact) mass is 406 g/mol. The molecule has 0 aliphatic heterocycles. The number of aromatic amines is 1. The van der Waals surface area contributed by atoms with Gasteiger partial charge in [0.1, 0.15) is 0 Å². The highest BCUT2D eigenvalue weighted by Gasteiger charge is 2.33. The zero-order valence-corrected chi connectivity index (χ0v) is 18.0. The third-order valence-electron chi connectivity index (χ3n) is 6.80. The topological polar surface area (TPSA) is 80.7 Å². The van der Waals surface area contributed by atoms with Crippen LogP contribution in [0.4, 0.5) is 0 Å². The van der Waals surface area contributed by atoms with E-state index < -0.39 is 0 Å². The fourth-order valence-electron chi connectivity index (χ4n) is 4.75. The van der Waals surface area contributed by atoms with Gasteiger partial charge >= 0.3 is 0 Å². The van der Waals surface area contributed by atoms with Gasteiger partial charge in [-0.2, -0.15) is 5.26 Å². The molecule has 2 aliphatic rings. The summed E-state index contributed by atoms with van der Waals surface area (Å²) in [5.74, 6) is 0.936. The number of nitrogens with one attached hydrogen (secondary N) is 3. The molecule has 1 aromatic heterocycles. The van der Waals surface area contributed by atoms with Crippen LogP contribution in [0.1, 0.15) is 74.3 Å². The third-order valence-corrected chi connectivity index (χ3v) is 6.80. The van der Waals surface area contributed by atoms with E-state index in [1.807, 2.05) is 18.2 Å². The van der Waals surface area contributed by atoms with E-state index in [2.05, 4.69) is 34.7 Å². The maximum Gasteiger partial charge on any atom is 0.251 e. The average Bonchev–Trinajstić information content (AvgIpc) is 3.52. The molecule has 3 N–H and O–H groups in total. The van der Waals surface area contributed by atoms with Gasteiger partial charge in [-0.1, -0.05) is 32.3 Å². The quantitative estimate of drug-likeness (QED) is 0.565. The van der Waals surface area contributed by atoms with Gasteiger partial charge in [0.05, 0.1) is 12.1 Å². The molecular weight excluding hydrogens is 372 g/mol. The van der Waals surface area contributed by atoms with Crippen LogP contribution in [0, 0.1) is 23.2 Å². The maximum atomic E-state index is 13.0. The van der Waals surface area contributed by atoms with E-state index in [9.17, 15) is 10.1 Å². The molecule has 2 aliphatic carbocycles. The number of aromatic nitrogens is 1. The van der Waals surface area contributed by atoms with Crippen LogP contribution in [0.25, 0.3) is 10.9 Å². The van der Waals surface area contributed by atoms with Crippen LogP contribution in [-0.4, -0.2) is 29.5 Å². The Morgan fingerprint density at radius 3 is 2.83 bits per heavy atom. The zero-order valence-electron chi connectivity index (χ0n) is 18.0. The molecule has 1 heterocycles. The Kier molecular flexibility index (Phi) is 6.74. The Bertz CT molecular complexity index is 907. The number of carbonyl (C=O) groups is 1. The van der Waals surface area contributed by atoms with Gasteiger partial charge in [0.25, 0.3) is 5.91 Å². The summed E-state index contributed by atoms with van der Waals surface area (Å²) in [6, 6.07) is 10.7. The van der Waals surface area contributed by atoms with Gasteiger partial charge < -0.3 is 15.6 Å². The van der Waals surface area contributed by atoms with Gasteiger partial charge in [0.15, 0.2) is 0 Å². The molecule has 1 unspecified atom stereocenters. The fraction of sp³-hybridized carbons (Fsp3) is 0.600. The lowest BCUT2D eigenvalue weighted by molar-refractivity contribution is 0.0905. The number of benzene rings is 1. The van der Waals surface area contributed by atoms with Crippen LogP contribution in [0.3, 0.4) is 0 Å². The Balaban J connectivity index is 1.38. The predicted octanol–water partition coefficient (Wildman–Crippen LogP) is 4.69. The van der Waals surface area contributed by atoms with Crippen molar-refractivity contribution in [3.63, 3.8) is 0 Å². The molecule has 160 valence electrons. The number of aryl methyl sites for hydroxylation is 1. The summed E-state index contributed by atoms with van der Waals surface area (Å²) in [7, 11) is 0. The fourth-order valence-corrected chi connectivity index (χ4v) is 4.75. The number of H-pyrrole nitrogens is 1. The second-order valence-corrected chi connectivity index (χ2v) is 9.18. The van der Waals surface area contributed by atoms with E-state index in [0.29, 0.717) is 11.8 Å². The average molecular weight is 407 g/mol. The Labute approximate surface area is 179 Å². The number of hydrogen-bond donors (Lipinski definition) is 3. The first-order valence-electron chi connectivity index (χ1n) is 11.7. The first-order chi connectivity index (χ1) is 14.7. The largest absolute Gasteiger partial charge is 0.358 e. The smallest absolute Gasteiger partial charge is 0.251 e. The minimum atomic E-state index is -0.0273. The number of amides is 1. The van der Waals surface area contributed by atoms with E-state index in [1.165, 1.54) is 30.3 Å². The number of unbranched alkanes of at least 4 members (excludes halogenated alkanes) is 1. The normalized spacial score (nSPS) is 22.5. The van der Waals surface area contributed by atoms with Crippen LogP contribution in [0.2, 0.25) is 0 Å². The van der Waals surface area contributed by atoms with Crippen molar-refractivity contribution in [1.82, 2.24) is 15.6 Å². The van der Waals surface area contributed by atoms with Gasteiger partial charge in [0, 0.05) is 29.4 Å². The Morgan fingerprint density at radius 1 is 1.23 bits per heavy atom. The van der Waals surface area contributed by atoms with Gasteiger partial charge in [0.2, 0.25) is 0 Å². The maximum absolute atomic E-state index is 13.0. The standard InChI is InChI=1S/C25H34N4O/c1-2-3-7-21-13-18-11-12-19(14-23(18)28-21)25(30)29-22-8-5-4-6-20(22)16-27-24(15-26)17-9-10-17/h11-14,17,20,22,24,27-28H,2-10,16H2,1H3,(H,29,30)/t20-,22+,24?/m1/s1. The number of nitriles is 1. The summed E-state index contributed by atoms with van der Waals surface area (Å²) < 4.78 is 0. The Hall–Kier alpha value is -2.32. The molecule has 1 amide bonds. The molecule has 30 heavy (non-hydrogen) atoms. The molecule has 5 nitrogen and oxygen atoms in total. The van der Waals surface area contributed by atoms with Crippen molar-refractivity contribution >= 4 is 16.8 Å². The van der Waals surface area contributed by atoms with E-state index in [4.69, 9.17) is 0 Å². The summed E-state index contributed by atoms with van der Waals surface area (Å²) in [4.78, 5) is 16.5. The summed E-state index contributed by atoms with van der Waals surface area (Å²) in [5.41, 5.74) is 3.00. The van der Waals surface area contributed by atoms with Gasteiger partial charge in [-0.25, -0.2) is 0 Å². The molecule has 2 saturated carbocycles. The van der Waals surface area contributed by atoms with E-state index >= 15 is 0 Å². The molecule has 0 spiro atoms. The molecule has 3 atom stereocenters. The van der Waals surface area contributed by atoms with Gasteiger partial charge in [-0.3, -0.25) is 4.79 Å². The van der Waals surface area contributed by atoms with Crippen molar-refractivity contribution in [3.8, 4) is 6.07 Å². The Morgan fingerprint density at radius 2 is 2.07 bits per heavy atom. The number of hydrogen-bond acceptors (Lipinski definition) is 3. The van der Waals surface area contributed by atoms with Crippen LogP contribution in [0.5, 0.6) is 0 Å². The number of carbonyl (C=O) groups excluding carboxylic acids is 1. The molecule has 4 rings (SSSR count). The van der Waals surface area contributed by atoms with Crippen molar-refractivity contribution in [2.45, 2.75) is 76.8 Å². The second-order valence-electron chi connectivity index (χ2n) is 9.18. The first-order valence-corrected chi connectivity index (χ1v) is 11.7. The third kappa shape index (κ3) is 5.05. The molecule has 2 aromatic rings. The summed E-state index contributed by atoms with van der Waals surface area (Å²) in [5, 5.41) is 17.3. The van der Waals surface area contributed by atoms with Crippen LogP contribution in [0.15, 0.2) is 24.3 Å². The summed E-state index contributed by atoms with van der Waals surface area (Å²) >= 11 is 0. The lowest BCUT2D eigenvalue weighted by Gasteiger charge is -2.33. The molecule has 0 bridgehead atoms. The molecule has 2 fully saturated rings. The molecule has 1 aromatic carbocycles. The molecule has 0 saturated heterocycles. The van der Waals surface area contributed by atoms with E-state index in [1.54, 1.807) is 0 Å². The minimum absolute atomic E-state index is 0.0116. The number of fused-ring (bicyclic) bond motifs is 1. The molecule has 0 radical (unpaired) electrons. The highest BCUT2D eigenvalue weighted by Crippen LogP contribution is 2.33. The van der Waals surface area contributed by atoms with Gasteiger partial charge in [-0.05, 0) is 73.9 Å². The van der Waals surface area contributed by atoms with E-state index in [0.717, 1.165) is 56.1 Å². The van der Waals surface area contributed by atoms with Crippen molar-refractivity contribution in [1.29, 1.82) is 5.26 Å². The lowest BCUT2D eigenvalue weighted by atomic mass is 9.84. The SMILES string of the molecule is CCCCc1cc2ccc(C(=O)N[C@H]3CCCC[C@@H]3CNC(C#N)C3CC3)cc2[nH]1. The molecular formula is C25H34N4O. The number of rotatable bonds is 9. The van der Waals surface area contributed by atoms with Crippen LogP contribution >= 0.6 is 0 Å². The second kappa shape index (κ2) is 9.66. The van der Waals surface area contributed by atoms with Crippen molar-refractivity contribution in [2.75, 3.05) is 6.54 Å². The van der Waals surface area contributed by atoms with Crippen molar-refractivity contribution in [2.24, 2.45) is 11.8 Å². The van der Waals surface area contributed by atoms with Crippen molar-refractivity contribution < 1.29 is 4.79 Å². The highest BCUT2D eigenvalue weighted by molar-refractivity contribution is 5.98. The highest BCUT2D eigenvalue weighted by atomic mass is 16.1. The van der Waals surface area contributed by atoms with Gasteiger partial charge in [-0.15, -0.1) is 0 Å². The van der Waals surface area contributed by atoms with Crippen LogP contribution in [-0.2, 0) is 6.42 Å². The number of nitrogens with zero attached hydrogens (tertiary/aromatic N) is 1.